The molecule has 50 heavy (non-hydrogen) atoms. The van der Waals surface area contributed by atoms with Crippen LogP contribution in [0.1, 0.15) is 121 Å². The first kappa shape index (κ1) is 44.9. The average Bonchev–Trinajstić information content (AvgIpc) is 3.06. The molecule has 1 aromatic carbocycles. The lowest BCUT2D eigenvalue weighted by Crippen LogP contribution is -2.37. The zero-order valence-electron chi connectivity index (χ0n) is 32.9. The molecule has 0 aliphatic carbocycles. The summed E-state index contributed by atoms with van der Waals surface area (Å²) in [4.78, 5) is 9.16. The van der Waals surface area contributed by atoms with Gasteiger partial charge in [0, 0.05) is 12.7 Å². The van der Waals surface area contributed by atoms with Crippen molar-refractivity contribution < 1.29 is 47.3 Å². The van der Waals surface area contributed by atoms with Crippen molar-refractivity contribution in [3.8, 4) is 11.5 Å². The molecule has 5 atom stereocenters. The second-order valence-corrected chi connectivity index (χ2v) is 16.7. The Kier molecular flexibility index (Phi) is 21.1. The van der Waals surface area contributed by atoms with Gasteiger partial charge >= 0.3 is 7.82 Å². The van der Waals surface area contributed by atoms with Crippen LogP contribution in [0.25, 0.3) is 0 Å². The number of rotatable bonds is 28. The number of benzene rings is 1. The summed E-state index contributed by atoms with van der Waals surface area (Å²) in [6.45, 7) is 20.1. The molecule has 0 aromatic heterocycles. The Hall–Kier alpha value is -1.23. The highest BCUT2D eigenvalue weighted by molar-refractivity contribution is 7.47. The molecule has 10 nitrogen and oxygen atoms in total. The third-order valence-electron chi connectivity index (χ3n) is 10.0. The summed E-state index contributed by atoms with van der Waals surface area (Å²) in [5, 5.41) is 9.72. The number of hydrogen-bond donors (Lipinski definition) is 2. The van der Waals surface area contributed by atoms with Gasteiger partial charge in [-0.25, -0.2) is 4.57 Å². The Labute approximate surface area is 303 Å². The van der Waals surface area contributed by atoms with Crippen LogP contribution < -0.4 is 9.47 Å². The second-order valence-electron chi connectivity index (χ2n) is 15.2. The highest BCUT2D eigenvalue weighted by Gasteiger charge is 2.34. The van der Waals surface area contributed by atoms with E-state index < -0.39 is 13.9 Å². The molecule has 2 rings (SSSR count). The van der Waals surface area contributed by atoms with Crippen molar-refractivity contribution in [3.63, 3.8) is 0 Å². The lowest BCUT2D eigenvalue weighted by atomic mass is 9.83. The summed E-state index contributed by atoms with van der Waals surface area (Å²) in [7, 11) is -3.05. The number of hydrogen-bond acceptors (Lipinski definition) is 9. The monoisotopic (exact) mass is 730 g/mol. The van der Waals surface area contributed by atoms with Gasteiger partial charge in [-0.05, 0) is 87.8 Å². The summed E-state index contributed by atoms with van der Waals surface area (Å²) in [5.74, 6) is 4.44. The topological polar surface area (TPSA) is 122 Å². The van der Waals surface area contributed by atoms with Crippen molar-refractivity contribution in [3.05, 3.63) is 22.3 Å². The third-order valence-corrected chi connectivity index (χ3v) is 11.0. The number of aliphatic hydroxyl groups excluding tert-OH is 1. The highest BCUT2D eigenvalue weighted by atomic mass is 31.2. The maximum Gasteiger partial charge on any atom is 0.472 e. The molecule has 2 N–H and O–H groups in total. The highest BCUT2D eigenvalue weighted by Crippen LogP contribution is 2.45. The van der Waals surface area contributed by atoms with E-state index in [0.717, 1.165) is 61.2 Å². The Morgan fingerprint density at radius 2 is 1.34 bits per heavy atom. The summed E-state index contributed by atoms with van der Waals surface area (Å²) in [6, 6.07) is 0. The first-order valence-electron chi connectivity index (χ1n) is 19.1. The van der Waals surface area contributed by atoms with Crippen LogP contribution in [0.3, 0.4) is 0 Å². The van der Waals surface area contributed by atoms with E-state index in [1.165, 1.54) is 68.1 Å². The van der Waals surface area contributed by atoms with E-state index in [4.69, 9.17) is 28.6 Å². The van der Waals surface area contributed by atoms with Gasteiger partial charge in [-0.1, -0.05) is 72.6 Å². The maximum atomic E-state index is 11.2. The molecule has 0 bridgehead atoms. The van der Waals surface area contributed by atoms with Gasteiger partial charge < -0.3 is 33.7 Å². The minimum atomic E-state index is -4.11. The SMILES string of the molecule is COP(=O)(O)OCC(O)COCCOCCOCCOc1c(C)c(C)c2c(c1C)CC[C@](C)(CCC[C@@H](C)CCC[C@@H](C)CCCC(C)C)O2. The molecular weight excluding hydrogens is 659 g/mol. The van der Waals surface area contributed by atoms with Crippen LogP contribution >= 0.6 is 7.82 Å². The first-order chi connectivity index (χ1) is 23.7. The zero-order chi connectivity index (χ0) is 37.2. The van der Waals surface area contributed by atoms with Crippen LogP contribution in [-0.2, 0) is 34.2 Å². The van der Waals surface area contributed by atoms with Crippen LogP contribution in [0.4, 0.5) is 0 Å². The Morgan fingerprint density at radius 3 is 1.94 bits per heavy atom. The van der Waals surface area contributed by atoms with Gasteiger partial charge in [0.1, 0.15) is 29.8 Å². The predicted octanol–water partition coefficient (Wildman–Crippen LogP) is 8.69. The van der Waals surface area contributed by atoms with Crippen LogP contribution in [0, 0.1) is 38.5 Å². The fraction of sp³-hybridized carbons (Fsp3) is 0.846. The maximum absolute atomic E-state index is 11.2. The van der Waals surface area contributed by atoms with E-state index in [2.05, 4.69) is 64.4 Å². The number of phosphoric ester groups is 1. The largest absolute Gasteiger partial charge is 0.491 e. The number of phosphoric acid groups is 1. The zero-order valence-corrected chi connectivity index (χ0v) is 33.7. The minimum absolute atomic E-state index is 0.0503. The van der Waals surface area contributed by atoms with Crippen molar-refractivity contribution in [2.24, 2.45) is 17.8 Å². The Bertz CT molecular complexity index is 1140. The molecule has 0 radical (unpaired) electrons. The predicted molar refractivity (Wildman–Crippen MR) is 199 cm³/mol. The number of fused-ring (bicyclic) bond motifs is 1. The quantitative estimate of drug-likeness (QED) is 0.0640. The number of aliphatic hydroxyl groups is 1. The molecular formula is C39H71O10P. The molecule has 292 valence electrons. The fourth-order valence-corrected chi connectivity index (χ4v) is 7.09. The molecule has 1 aromatic rings. The minimum Gasteiger partial charge on any atom is -0.491 e. The molecule has 0 fully saturated rings. The molecule has 11 heteroatoms. The van der Waals surface area contributed by atoms with Crippen molar-refractivity contribution in [1.29, 1.82) is 0 Å². The van der Waals surface area contributed by atoms with Gasteiger partial charge in [0.2, 0.25) is 0 Å². The lowest BCUT2D eigenvalue weighted by Gasteiger charge is -2.38. The molecule has 1 aliphatic heterocycles. The van der Waals surface area contributed by atoms with E-state index in [1.807, 2.05) is 0 Å². The first-order valence-corrected chi connectivity index (χ1v) is 20.6. The van der Waals surface area contributed by atoms with Crippen molar-refractivity contribution in [1.82, 2.24) is 0 Å². The van der Waals surface area contributed by atoms with Gasteiger partial charge in [-0.3, -0.25) is 9.05 Å². The van der Waals surface area contributed by atoms with Crippen LogP contribution in [-0.4, -0.2) is 81.7 Å². The summed E-state index contributed by atoms with van der Waals surface area (Å²) in [6.07, 6.45) is 12.7. The van der Waals surface area contributed by atoms with Gasteiger partial charge in [-0.2, -0.15) is 0 Å². The summed E-state index contributed by atoms with van der Waals surface area (Å²) in [5.41, 5.74) is 4.61. The second kappa shape index (κ2) is 23.4. The van der Waals surface area contributed by atoms with E-state index in [-0.39, 0.29) is 25.4 Å². The fourth-order valence-electron chi connectivity index (χ4n) is 6.62. The van der Waals surface area contributed by atoms with Gasteiger partial charge in [0.15, 0.2) is 0 Å². The smallest absolute Gasteiger partial charge is 0.472 e. The lowest BCUT2D eigenvalue weighted by molar-refractivity contribution is -0.0243. The Morgan fingerprint density at radius 1 is 0.780 bits per heavy atom. The van der Waals surface area contributed by atoms with Crippen LogP contribution in [0.2, 0.25) is 0 Å². The molecule has 2 unspecified atom stereocenters. The summed E-state index contributed by atoms with van der Waals surface area (Å²) >= 11 is 0. The van der Waals surface area contributed by atoms with Gasteiger partial charge in [-0.15, -0.1) is 0 Å². The molecule has 1 heterocycles. The number of ether oxygens (including phenoxy) is 5. The van der Waals surface area contributed by atoms with Crippen molar-refractivity contribution >= 4 is 7.82 Å². The Balaban J connectivity index is 1.65. The molecule has 0 spiro atoms. The van der Waals surface area contributed by atoms with E-state index >= 15 is 0 Å². The summed E-state index contributed by atoms with van der Waals surface area (Å²) < 4.78 is 49.7. The average molecular weight is 731 g/mol. The van der Waals surface area contributed by atoms with Crippen LogP contribution in [0.15, 0.2) is 0 Å². The normalized spacial score (nSPS) is 19.1. The van der Waals surface area contributed by atoms with Gasteiger partial charge in [0.05, 0.1) is 46.2 Å². The van der Waals surface area contributed by atoms with Gasteiger partial charge in [0.25, 0.3) is 0 Å². The molecule has 0 saturated carbocycles. The molecule has 0 saturated heterocycles. The van der Waals surface area contributed by atoms with E-state index in [0.29, 0.717) is 33.0 Å². The van der Waals surface area contributed by atoms with Crippen LogP contribution in [0.5, 0.6) is 11.5 Å². The van der Waals surface area contributed by atoms with Crippen molar-refractivity contribution in [2.75, 3.05) is 60.0 Å². The molecule has 1 aliphatic rings. The van der Waals surface area contributed by atoms with E-state index in [1.54, 1.807) is 0 Å². The van der Waals surface area contributed by atoms with E-state index in [9.17, 15) is 9.67 Å². The molecule has 0 amide bonds. The van der Waals surface area contributed by atoms with Crippen molar-refractivity contribution in [2.45, 2.75) is 138 Å². The standard InChI is InChI=1S/C39H71O10P/c1-29(2)13-10-14-30(3)15-11-16-31(4)17-12-19-39(8)20-18-36-34(7)37(32(5)33(6)38(36)49-39)47-26-25-45-22-21-44-23-24-46-27-35(40)28-48-50(41,42)43-9/h29-31,35,40H,10-28H2,1-9H3,(H,41,42)/t30-,31-,35?,39-/m0/s1. The third kappa shape index (κ3) is 17.1.